The van der Waals surface area contributed by atoms with Gasteiger partial charge in [-0.05, 0) is 11.6 Å². The van der Waals surface area contributed by atoms with Gasteiger partial charge in [-0.3, -0.25) is 4.79 Å². The van der Waals surface area contributed by atoms with Crippen molar-refractivity contribution in [2.24, 2.45) is 5.84 Å². The summed E-state index contributed by atoms with van der Waals surface area (Å²) in [4.78, 5) is 15.7. The summed E-state index contributed by atoms with van der Waals surface area (Å²) in [5.74, 6) is 6.17. The molecule has 7 nitrogen and oxygen atoms in total. The second-order valence-corrected chi connectivity index (χ2v) is 3.57. The molecule has 2 rings (SSSR count). The predicted molar refractivity (Wildman–Crippen MR) is 66.2 cm³/mol. The zero-order chi connectivity index (χ0) is 13.0. The van der Waals surface area contributed by atoms with Gasteiger partial charge in [0.05, 0.1) is 13.7 Å². The zero-order valence-corrected chi connectivity index (χ0v) is 9.83. The second kappa shape index (κ2) is 5.28. The summed E-state index contributed by atoms with van der Waals surface area (Å²) in [6.45, 7) is 0.327. The SMILES string of the molecule is COc1ccc(=O)n(Cc2ccc(NN)nc2)n1. The van der Waals surface area contributed by atoms with Crippen molar-refractivity contribution in [1.29, 1.82) is 0 Å². The first-order valence-corrected chi connectivity index (χ1v) is 5.26. The number of hydrogen-bond donors (Lipinski definition) is 2. The molecule has 0 aliphatic carbocycles. The Morgan fingerprint density at radius 1 is 1.39 bits per heavy atom. The summed E-state index contributed by atoms with van der Waals surface area (Å²) >= 11 is 0. The highest BCUT2D eigenvalue weighted by Crippen LogP contribution is 2.05. The number of ether oxygens (including phenoxy) is 1. The van der Waals surface area contributed by atoms with Gasteiger partial charge in [-0.25, -0.2) is 15.5 Å². The van der Waals surface area contributed by atoms with Crippen molar-refractivity contribution < 1.29 is 4.74 Å². The lowest BCUT2D eigenvalue weighted by molar-refractivity contribution is 0.379. The van der Waals surface area contributed by atoms with Gasteiger partial charge in [0, 0.05) is 18.3 Å². The molecule has 3 N–H and O–H groups in total. The summed E-state index contributed by atoms with van der Waals surface area (Å²) in [7, 11) is 1.50. The van der Waals surface area contributed by atoms with Crippen LogP contribution in [0.4, 0.5) is 5.82 Å². The van der Waals surface area contributed by atoms with Gasteiger partial charge in [0.1, 0.15) is 5.82 Å². The molecule has 0 atom stereocenters. The highest BCUT2D eigenvalue weighted by Gasteiger charge is 2.02. The molecule has 7 heteroatoms. The van der Waals surface area contributed by atoms with E-state index < -0.39 is 0 Å². The normalized spacial score (nSPS) is 10.1. The van der Waals surface area contributed by atoms with Gasteiger partial charge in [0.15, 0.2) is 0 Å². The molecule has 0 amide bonds. The van der Waals surface area contributed by atoms with Crippen molar-refractivity contribution in [2.75, 3.05) is 12.5 Å². The van der Waals surface area contributed by atoms with Crippen LogP contribution >= 0.6 is 0 Å². The summed E-state index contributed by atoms with van der Waals surface area (Å²) in [5, 5.41) is 4.04. The molecule has 0 aromatic carbocycles. The lowest BCUT2D eigenvalue weighted by Crippen LogP contribution is -2.22. The molecule has 18 heavy (non-hydrogen) atoms. The summed E-state index contributed by atoms with van der Waals surface area (Å²) in [6.07, 6.45) is 1.63. The van der Waals surface area contributed by atoms with Gasteiger partial charge in [-0.2, -0.15) is 0 Å². The zero-order valence-electron chi connectivity index (χ0n) is 9.83. The number of nitrogens with two attached hydrogens (primary N) is 1. The molecule has 0 saturated carbocycles. The fourth-order valence-corrected chi connectivity index (χ4v) is 1.43. The molecule has 0 spiro atoms. The van der Waals surface area contributed by atoms with Crippen LogP contribution in [0.15, 0.2) is 35.3 Å². The van der Waals surface area contributed by atoms with Crippen molar-refractivity contribution >= 4 is 5.82 Å². The van der Waals surface area contributed by atoms with Crippen LogP contribution < -0.4 is 21.6 Å². The molecular weight excluding hydrogens is 234 g/mol. The average Bonchev–Trinajstić information content (AvgIpc) is 2.42. The van der Waals surface area contributed by atoms with Crippen LogP contribution in [0.3, 0.4) is 0 Å². The van der Waals surface area contributed by atoms with E-state index in [0.717, 1.165) is 5.56 Å². The maximum Gasteiger partial charge on any atom is 0.267 e. The molecule has 0 unspecified atom stereocenters. The van der Waals surface area contributed by atoms with Crippen LogP contribution in [-0.2, 0) is 6.54 Å². The number of methoxy groups -OCH3 is 1. The quantitative estimate of drug-likeness (QED) is 0.582. The number of pyridine rings is 1. The first-order chi connectivity index (χ1) is 8.72. The minimum atomic E-state index is -0.197. The predicted octanol–water partition coefficient (Wildman–Crippen LogP) is -0.0192. The maximum absolute atomic E-state index is 11.6. The number of rotatable bonds is 4. The fraction of sp³-hybridized carbons (Fsp3) is 0.182. The van der Waals surface area contributed by atoms with E-state index in [2.05, 4.69) is 15.5 Å². The smallest absolute Gasteiger partial charge is 0.267 e. The largest absolute Gasteiger partial charge is 0.480 e. The Labute approximate surface area is 103 Å². The number of hydrazine groups is 1. The summed E-state index contributed by atoms with van der Waals surface area (Å²) in [5.41, 5.74) is 3.08. The van der Waals surface area contributed by atoms with Crippen molar-refractivity contribution in [2.45, 2.75) is 6.54 Å². The molecule has 2 heterocycles. The number of hydrogen-bond acceptors (Lipinski definition) is 6. The van der Waals surface area contributed by atoms with Gasteiger partial charge in [0.25, 0.3) is 5.56 Å². The molecule has 0 aliphatic rings. The highest BCUT2D eigenvalue weighted by atomic mass is 16.5. The lowest BCUT2D eigenvalue weighted by Gasteiger charge is -2.06. The van der Waals surface area contributed by atoms with Crippen LogP contribution in [-0.4, -0.2) is 21.9 Å². The number of anilines is 1. The number of nitrogens with one attached hydrogen (secondary N) is 1. The van der Waals surface area contributed by atoms with Crippen molar-refractivity contribution in [1.82, 2.24) is 14.8 Å². The highest BCUT2D eigenvalue weighted by molar-refractivity contribution is 5.33. The lowest BCUT2D eigenvalue weighted by atomic mass is 10.3. The van der Waals surface area contributed by atoms with Crippen molar-refractivity contribution in [3.63, 3.8) is 0 Å². The Bertz CT molecular complexity index is 579. The van der Waals surface area contributed by atoms with Gasteiger partial charge in [-0.15, -0.1) is 5.10 Å². The standard InChI is InChI=1S/C11H13N5O2/c1-18-10-4-5-11(17)16(15-10)7-8-2-3-9(14-12)13-6-8/h2-6H,7,12H2,1H3,(H,13,14). The Kier molecular flexibility index (Phi) is 3.54. The Hall–Kier alpha value is -2.41. The van der Waals surface area contributed by atoms with Crippen LogP contribution in [0.2, 0.25) is 0 Å². The molecule has 0 fully saturated rings. The van der Waals surface area contributed by atoms with Crippen molar-refractivity contribution in [3.05, 3.63) is 46.4 Å². The molecule has 94 valence electrons. The molecule has 0 bridgehead atoms. The third-order valence-electron chi connectivity index (χ3n) is 2.36. The van der Waals surface area contributed by atoms with Gasteiger partial charge >= 0.3 is 0 Å². The van der Waals surface area contributed by atoms with E-state index in [4.69, 9.17) is 10.6 Å². The molecule has 2 aromatic heterocycles. The first kappa shape index (κ1) is 12.1. The molecule has 0 saturated heterocycles. The fourth-order valence-electron chi connectivity index (χ4n) is 1.43. The van der Waals surface area contributed by atoms with E-state index >= 15 is 0 Å². The Morgan fingerprint density at radius 3 is 2.83 bits per heavy atom. The summed E-state index contributed by atoms with van der Waals surface area (Å²) < 4.78 is 6.28. The van der Waals surface area contributed by atoms with Crippen LogP contribution in [0, 0.1) is 0 Å². The van der Waals surface area contributed by atoms with E-state index in [-0.39, 0.29) is 5.56 Å². The topological polar surface area (TPSA) is 95.1 Å². The van der Waals surface area contributed by atoms with Crippen LogP contribution in [0.1, 0.15) is 5.56 Å². The van der Waals surface area contributed by atoms with Crippen LogP contribution in [0.5, 0.6) is 5.88 Å². The van der Waals surface area contributed by atoms with E-state index in [0.29, 0.717) is 18.2 Å². The number of aromatic nitrogens is 3. The third-order valence-corrected chi connectivity index (χ3v) is 2.36. The van der Waals surface area contributed by atoms with E-state index in [1.165, 1.54) is 23.9 Å². The van der Waals surface area contributed by atoms with Gasteiger partial charge in [0.2, 0.25) is 5.88 Å². The second-order valence-electron chi connectivity index (χ2n) is 3.57. The maximum atomic E-state index is 11.6. The number of nitrogen functional groups attached to an aromatic ring is 1. The average molecular weight is 247 g/mol. The first-order valence-electron chi connectivity index (χ1n) is 5.26. The Morgan fingerprint density at radius 2 is 2.22 bits per heavy atom. The van der Waals surface area contributed by atoms with E-state index in [1.54, 1.807) is 12.3 Å². The summed E-state index contributed by atoms with van der Waals surface area (Å²) in [6, 6.07) is 6.48. The van der Waals surface area contributed by atoms with E-state index in [1.807, 2.05) is 6.07 Å². The van der Waals surface area contributed by atoms with Crippen LogP contribution in [0.25, 0.3) is 0 Å². The monoisotopic (exact) mass is 247 g/mol. The van der Waals surface area contributed by atoms with Crippen molar-refractivity contribution in [3.8, 4) is 5.88 Å². The minimum Gasteiger partial charge on any atom is -0.480 e. The molecule has 0 radical (unpaired) electrons. The van der Waals surface area contributed by atoms with E-state index in [9.17, 15) is 4.79 Å². The minimum absolute atomic E-state index is 0.197. The number of nitrogens with zero attached hydrogens (tertiary/aromatic N) is 3. The Balaban J connectivity index is 2.24. The van der Waals surface area contributed by atoms with Gasteiger partial charge < -0.3 is 10.2 Å². The molecular formula is C11H13N5O2. The molecule has 2 aromatic rings. The third kappa shape index (κ3) is 2.64. The molecule has 0 aliphatic heterocycles. The van der Waals surface area contributed by atoms with Gasteiger partial charge in [-0.1, -0.05) is 6.07 Å².